The van der Waals surface area contributed by atoms with Gasteiger partial charge in [-0.05, 0) is 17.5 Å². The van der Waals surface area contributed by atoms with Crippen LogP contribution in [0.1, 0.15) is 20.7 Å². The summed E-state index contributed by atoms with van der Waals surface area (Å²) in [6, 6.07) is 9.42. The van der Waals surface area contributed by atoms with Crippen molar-refractivity contribution >= 4 is 32.9 Å². The highest BCUT2D eigenvalue weighted by Crippen LogP contribution is 2.30. The molecular formula is C12H7NO5S. The fourth-order valence-corrected chi connectivity index (χ4v) is 2.83. The molecule has 1 aliphatic heterocycles. The summed E-state index contributed by atoms with van der Waals surface area (Å²) in [5.41, 5.74) is 0.149. The van der Waals surface area contributed by atoms with Gasteiger partial charge < -0.3 is 0 Å². The van der Waals surface area contributed by atoms with Gasteiger partial charge in [-0.15, -0.1) is 4.31 Å². The summed E-state index contributed by atoms with van der Waals surface area (Å²) in [6.45, 7) is 0. The smallest absolute Gasteiger partial charge is 0.269 e. The van der Waals surface area contributed by atoms with Gasteiger partial charge in [-0.1, -0.05) is 24.3 Å². The third-order valence-corrected chi connectivity index (χ3v) is 3.76. The topological polar surface area (TPSA) is 91.8 Å². The van der Waals surface area contributed by atoms with E-state index in [0.29, 0.717) is 10.8 Å². The van der Waals surface area contributed by atoms with E-state index < -0.39 is 22.1 Å². The first kappa shape index (κ1) is 11.8. The molecule has 0 saturated carbocycles. The van der Waals surface area contributed by atoms with Crippen molar-refractivity contribution in [2.24, 2.45) is 0 Å². The van der Waals surface area contributed by atoms with Crippen molar-refractivity contribution in [3.63, 3.8) is 0 Å². The van der Waals surface area contributed by atoms with Gasteiger partial charge in [-0.2, -0.15) is 8.42 Å². The minimum Gasteiger partial charge on any atom is -0.269 e. The fourth-order valence-electron chi connectivity index (χ4n) is 2.22. The SMILES string of the molecule is O=C1c2cccc3cccc(c23)C(=O)N1S(=O)(=O)O. The molecule has 0 atom stereocenters. The summed E-state index contributed by atoms with van der Waals surface area (Å²) in [7, 11) is -4.93. The number of imide groups is 1. The lowest BCUT2D eigenvalue weighted by atomic mass is 9.95. The Balaban J connectivity index is 2.44. The van der Waals surface area contributed by atoms with Crippen molar-refractivity contribution in [1.82, 2.24) is 4.31 Å². The van der Waals surface area contributed by atoms with Crippen molar-refractivity contribution < 1.29 is 22.6 Å². The van der Waals surface area contributed by atoms with E-state index in [4.69, 9.17) is 4.55 Å². The number of benzene rings is 2. The van der Waals surface area contributed by atoms with Gasteiger partial charge in [0.15, 0.2) is 0 Å². The van der Waals surface area contributed by atoms with Crippen molar-refractivity contribution in [3.8, 4) is 0 Å². The van der Waals surface area contributed by atoms with Gasteiger partial charge in [0, 0.05) is 16.5 Å². The maximum atomic E-state index is 12.0. The van der Waals surface area contributed by atoms with E-state index in [9.17, 15) is 18.0 Å². The Labute approximate surface area is 108 Å². The highest BCUT2D eigenvalue weighted by atomic mass is 32.2. The highest BCUT2D eigenvalue weighted by molar-refractivity contribution is 7.84. The second-order valence-corrected chi connectivity index (χ2v) is 5.32. The van der Waals surface area contributed by atoms with Gasteiger partial charge in [-0.25, -0.2) is 0 Å². The van der Waals surface area contributed by atoms with Crippen LogP contribution in [0.3, 0.4) is 0 Å². The van der Waals surface area contributed by atoms with Crippen molar-refractivity contribution in [2.75, 3.05) is 0 Å². The molecule has 0 spiro atoms. The Morgan fingerprint density at radius 1 is 0.895 bits per heavy atom. The van der Waals surface area contributed by atoms with Gasteiger partial charge in [-0.3, -0.25) is 14.1 Å². The third-order valence-electron chi connectivity index (χ3n) is 2.97. The van der Waals surface area contributed by atoms with Gasteiger partial charge in [0.25, 0.3) is 11.8 Å². The average molecular weight is 277 g/mol. The standard InChI is InChI=1S/C12H7NO5S/c14-11-8-5-1-3-7-4-2-6-9(10(7)8)12(15)13(11)19(16,17)18/h1-6H,(H,16,17,18). The second kappa shape index (κ2) is 3.62. The van der Waals surface area contributed by atoms with Crippen LogP contribution in [0.5, 0.6) is 0 Å². The molecule has 0 aliphatic carbocycles. The van der Waals surface area contributed by atoms with Crippen molar-refractivity contribution in [3.05, 3.63) is 47.5 Å². The lowest BCUT2D eigenvalue weighted by molar-refractivity contribution is 0.0715. The predicted molar refractivity (Wildman–Crippen MR) is 66.0 cm³/mol. The molecule has 2 amide bonds. The van der Waals surface area contributed by atoms with Crippen LogP contribution in [-0.4, -0.2) is 29.1 Å². The van der Waals surface area contributed by atoms with Crippen LogP contribution in [0, 0.1) is 0 Å². The molecule has 96 valence electrons. The Morgan fingerprint density at radius 2 is 1.37 bits per heavy atom. The van der Waals surface area contributed by atoms with E-state index in [1.165, 1.54) is 12.1 Å². The quantitative estimate of drug-likeness (QED) is 0.625. The zero-order chi connectivity index (χ0) is 13.8. The van der Waals surface area contributed by atoms with E-state index in [-0.39, 0.29) is 15.4 Å². The summed E-state index contributed by atoms with van der Waals surface area (Å²) in [5.74, 6) is -2.09. The minimum absolute atomic E-state index is 0.0744. The summed E-state index contributed by atoms with van der Waals surface area (Å²) in [6.07, 6.45) is 0. The average Bonchev–Trinajstić information content (AvgIpc) is 2.34. The molecule has 2 aromatic rings. The van der Waals surface area contributed by atoms with Crippen molar-refractivity contribution in [2.45, 2.75) is 0 Å². The molecule has 0 aromatic heterocycles. The van der Waals surface area contributed by atoms with E-state index >= 15 is 0 Å². The molecule has 0 unspecified atom stereocenters. The predicted octanol–water partition coefficient (Wildman–Crippen LogP) is 1.24. The molecule has 0 radical (unpaired) electrons. The monoisotopic (exact) mass is 277 g/mol. The number of carbonyl (C=O) groups excluding carboxylic acids is 2. The number of hydrogen-bond acceptors (Lipinski definition) is 4. The van der Waals surface area contributed by atoms with Crippen LogP contribution < -0.4 is 0 Å². The van der Waals surface area contributed by atoms with E-state index in [1.807, 2.05) is 0 Å². The highest BCUT2D eigenvalue weighted by Gasteiger charge is 2.39. The molecule has 1 heterocycles. The lowest BCUT2D eigenvalue weighted by Gasteiger charge is -2.23. The number of carbonyl (C=O) groups is 2. The molecule has 1 N–H and O–H groups in total. The zero-order valence-corrected chi connectivity index (χ0v) is 10.2. The molecule has 1 aliphatic rings. The van der Waals surface area contributed by atoms with Crippen LogP contribution in [-0.2, 0) is 10.3 Å². The molecule has 19 heavy (non-hydrogen) atoms. The molecule has 0 saturated heterocycles. The van der Waals surface area contributed by atoms with Gasteiger partial charge in [0.1, 0.15) is 0 Å². The van der Waals surface area contributed by atoms with Crippen LogP contribution in [0.2, 0.25) is 0 Å². The maximum absolute atomic E-state index is 12.0. The Morgan fingerprint density at radius 3 is 1.79 bits per heavy atom. The van der Waals surface area contributed by atoms with Crippen LogP contribution >= 0.6 is 0 Å². The minimum atomic E-state index is -4.93. The van der Waals surface area contributed by atoms with Crippen LogP contribution in [0.15, 0.2) is 36.4 Å². The molecule has 3 rings (SSSR count). The second-order valence-electron chi connectivity index (χ2n) is 4.06. The molecular weight excluding hydrogens is 270 g/mol. The number of rotatable bonds is 1. The van der Waals surface area contributed by atoms with E-state index in [2.05, 4.69) is 0 Å². The maximum Gasteiger partial charge on any atom is 0.369 e. The normalized spacial score (nSPS) is 15.1. The van der Waals surface area contributed by atoms with Crippen LogP contribution in [0.4, 0.5) is 0 Å². The lowest BCUT2D eigenvalue weighted by Crippen LogP contribution is -2.44. The molecule has 2 aromatic carbocycles. The summed E-state index contributed by atoms with van der Waals surface area (Å²) in [5, 5.41) is 1.06. The van der Waals surface area contributed by atoms with Gasteiger partial charge in [0.05, 0.1) is 0 Å². The number of amides is 2. The zero-order valence-electron chi connectivity index (χ0n) is 9.40. The summed E-state index contributed by atoms with van der Waals surface area (Å²) >= 11 is 0. The van der Waals surface area contributed by atoms with Gasteiger partial charge >= 0.3 is 10.3 Å². The largest absolute Gasteiger partial charge is 0.369 e. The van der Waals surface area contributed by atoms with E-state index in [1.54, 1.807) is 24.3 Å². The number of nitrogens with zero attached hydrogens (tertiary/aromatic N) is 1. The summed E-state index contributed by atoms with van der Waals surface area (Å²) in [4.78, 5) is 24.1. The molecule has 6 nitrogen and oxygen atoms in total. The van der Waals surface area contributed by atoms with Crippen LogP contribution in [0.25, 0.3) is 10.8 Å². The Hall–Kier alpha value is -2.25. The van der Waals surface area contributed by atoms with E-state index in [0.717, 1.165) is 0 Å². The first-order valence-corrected chi connectivity index (χ1v) is 6.69. The first-order chi connectivity index (χ1) is 8.91. The Kier molecular flexibility index (Phi) is 2.25. The molecule has 0 fully saturated rings. The third kappa shape index (κ3) is 1.56. The first-order valence-electron chi connectivity index (χ1n) is 5.29. The van der Waals surface area contributed by atoms with Gasteiger partial charge in [0.2, 0.25) is 0 Å². The number of hydrogen-bond donors (Lipinski definition) is 1. The summed E-state index contributed by atoms with van der Waals surface area (Å²) < 4.78 is 31.3. The van der Waals surface area contributed by atoms with Crippen molar-refractivity contribution in [1.29, 1.82) is 0 Å². The molecule has 7 heteroatoms. The molecule has 0 bridgehead atoms. The Bertz CT molecular complexity index is 790. The fraction of sp³-hybridized carbons (Fsp3) is 0.